The molecule has 0 rings (SSSR count). The average molecular weight is 291 g/mol. The topological polar surface area (TPSA) is 49.4 Å². The highest BCUT2D eigenvalue weighted by Crippen LogP contribution is 2.17. The van der Waals surface area contributed by atoms with Crippen molar-refractivity contribution in [2.75, 3.05) is 18.8 Å². The molecule has 0 unspecified atom stereocenters. The standard InChI is InChI=1S/C9H20Cl2N2O2S/c1-5-9(6-10,7-11)12-16(14,15)13(4)8(2)3/h8,12H,5-7H2,1-4H3. The Kier molecular flexibility index (Phi) is 6.58. The highest BCUT2D eigenvalue weighted by Gasteiger charge is 2.34. The molecule has 0 saturated carbocycles. The highest BCUT2D eigenvalue weighted by molar-refractivity contribution is 7.87. The SMILES string of the molecule is CCC(CCl)(CCl)NS(=O)(=O)N(C)C(C)C. The van der Waals surface area contributed by atoms with Crippen LogP contribution in [0.5, 0.6) is 0 Å². The second-order valence-electron chi connectivity index (χ2n) is 4.12. The summed E-state index contributed by atoms with van der Waals surface area (Å²) in [5.74, 6) is 0.302. The lowest BCUT2D eigenvalue weighted by atomic mass is 10.0. The van der Waals surface area contributed by atoms with Gasteiger partial charge in [0.25, 0.3) is 10.2 Å². The summed E-state index contributed by atoms with van der Waals surface area (Å²) in [5.41, 5.74) is -0.773. The second kappa shape index (κ2) is 6.40. The number of alkyl halides is 2. The molecule has 0 heterocycles. The van der Waals surface area contributed by atoms with E-state index in [4.69, 9.17) is 23.2 Å². The fourth-order valence-electron chi connectivity index (χ4n) is 0.975. The lowest BCUT2D eigenvalue weighted by molar-refractivity contribution is 0.374. The molecule has 0 saturated heterocycles. The van der Waals surface area contributed by atoms with E-state index in [1.807, 2.05) is 6.92 Å². The molecule has 0 spiro atoms. The summed E-state index contributed by atoms with van der Waals surface area (Å²) in [5, 5.41) is 0. The molecule has 0 aromatic carbocycles. The molecular formula is C9H20Cl2N2O2S. The van der Waals surface area contributed by atoms with Crippen LogP contribution in [0.2, 0.25) is 0 Å². The predicted molar refractivity (Wildman–Crippen MR) is 69.4 cm³/mol. The van der Waals surface area contributed by atoms with Gasteiger partial charge >= 0.3 is 0 Å². The molecule has 0 bridgehead atoms. The Labute approximate surface area is 108 Å². The first kappa shape index (κ1) is 16.4. The summed E-state index contributed by atoms with van der Waals surface area (Å²) < 4.78 is 27.8. The second-order valence-corrected chi connectivity index (χ2v) is 6.38. The monoisotopic (exact) mass is 290 g/mol. The van der Waals surface area contributed by atoms with Crippen LogP contribution in [0.15, 0.2) is 0 Å². The van der Waals surface area contributed by atoms with E-state index in [9.17, 15) is 8.42 Å². The summed E-state index contributed by atoms with van der Waals surface area (Å²) in [4.78, 5) is 0. The van der Waals surface area contributed by atoms with Crippen LogP contribution in [-0.2, 0) is 10.2 Å². The van der Waals surface area contributed by atoms with Crippen molar-refractivity contribution in [3.05, 3.63) is 0 Å². The third-order valence-electron chi connectivity index (χ3n) is 2.64. The van der Waals surface area contributed by atoms with Crippen LogP contribution < -0.4 is 4.72 Å². The van der Waals surface area contributed by atoms with Crippen molar-refractivity contribution in [1.29, 1.82) is 0 Å². The van der Waals surface area contributed by atoms with Gasteiger partial charge in [0.2, 0.25) is 0 Å². The Morgan fingerprint density at radius 3 is 2.00 bits per heavy atom. The quantitative estimate of drug-likeness (QED) is 0.727. The molecule has 0 aliphatic carbocycles. The van der Waals surface area contributed by atoms with Crippen molar-refractivity contribution in [3.8, 4) is 0 Å². The van der Waals surface area contributed by atoms with Crippen molar-refractivity contribution >= 4 is 33.4 Å². The molecule has 4 nitrogen and oxygen atoms in total. The van der Waals surface area contributed by atoms with E-state index >= 15 is 0 Å². The fraction of sp³-hybridized carbons (Fsp3) is 1.00. The zero-order valence-electron chi connectivity index (χ0n) is 10.1. The Morgan fingerprint density at radius 2 is 1.75 bits per heavy atom. The van der Waals surface area contributed by atoms with Gasteiger partial charge in [-0.15, -0.1) is 23.2 Å². The molecule has 0 aromatic rings. The molecular weight excluding hydrogens is 271 g/mol. The molecule has 0 amide bonds. The van der Waals surface area contributed by atoms with E-state index in [0.29, 0.717) is 6.42 Å². The van der Waals surface area contributed by atoms with Gasteiger partial charge < -0.3 is 0 Å². The molecule has 0 radical (unpaired) electrons. The largest absolute Gasteiger partial charge is 0.280 e. The summed E-state index contributed by atoms with van der Waals surface area (Å²) in [6.07, 6.45) is 0.547. The molecule has 0 aromatic heterocycles. The van der Waals surface area contributed by atoms with E-state index in [1.54, 1.807) is 13.8 Å². The molecule has 0 aliphatic heterocycles. The fourth-order valence-corrected chi connectivity index (χ4v) is 3.47. The van der Waals surface area contributed by atoms with E-state index in [-0.39, 0.29) is 17.8 Å². The normalized spacial score (nSPS) is 13.8. The molecule has 0 fully saturated rings. The number of nitrogens with zero attached hydrogens (tertiary/aromatic N) is 1. The first-order valence-corrected chi connectivity index (χ1v) is 7.64. The molecule has 7 heteroatoms. The molecule has 98 valence electrons. The minimum Gasteiger partial charge on any atom is -0.195 e. The van der Waals surface area contributed by atoms with Gasteiger partial charge in [-0.05, 0) is 20.3 Å². The van der Waals surface area contributed by atoms with Crippen LogP contribution in [0, 0.1) is 0 Å². The van der Waals surface area contributed by atoms with Gasteiger partial charge in [-0.2, -0.15) is 17.4 Å². The summed E-state index contributed by atoms with van der Waals surface area (Å²) in [7, 11) is -2.02. The van der Waals surface area contributed by atoms with Gasteiger partial charge in [-0.25, -0.2) is 0 Å². The van der Waals surface area contributed by atoms with Gasteiger partial charge in [0.05, 0.1) is 5.54 Å². The first-order chi connectivity index (χ1) is 7.24. The van der Waals surface area contributed by atoms with Gasteiger partial charge in [-0.3, -0.25) is 0 Å². The van der Waals surface area contributed by atoms with Crippen LogP contribution in [-0.4, -0.2) is 43.1 Å². The smallest absolute Gasteiger partial charge is 0.195 e. The Bertz CT molecular complexity index is 294. The lowest BCUT2D eigenvalue weighted by Crippen LogP contribution is -2.56. The number of hydrogen-bond acceptors (Lipinski definition) is 2. The number of halogens is 2. The maximum absolute atomic E-state index is 12.0. The molecule has 1 N–H and O–H groups in total. The van der Waals surface area contributed by atoms with Crippen molar-refractivity contribution in [2.24, 2.45) is 0 Å². The minimum absolute atomic E-state index is 0.113. The Morgan fingerprint density at radius 1 is 1.31 bits per heavy atom. The maximum Gasteiger partial charge on any atom is 0.280 e. The Hall–Kier alpha value is 0.450. The zero-order valence-corrected chi connectivity index (χ0v) is 12.5. The molecule has 0 aliphatic rings. The lowest BCUT2D eigenvalue weighted by Gasteiger charge is -2.32. The van der Waals surface area contributed by atoms with Crippen LogP contribution in [0.3, 0.4) is 0 Å². The summed E-state index contributed by atoms with van der Waals surface area (Å²) in [6.45, 7) is 5.45. The van der Waals surface area contributed by atoms with Gasteiger partial charge in [0, 0.05) is 24.8 Å². The summed E-state index contributed by atoms with van der Waals surface area (Å²) in [6, 6.07) is -0.113. The Balaban J connectivity index is 4.94. The van der Waals surface area contributed by atoms with E-state index < -0.39 is 15.7 Å². The average Bonchev–Trinajstić information content (AvgIpc) is 2.24. The van der Waals surface area contributed by atoms with Gasteiger partial charge in [-0.1, -0.05) is 6.92 Å². The van der Waals surface area contributed by atoms with Crippen LogP contribution in [0.1, 0.15) is 27.2 Å². The zero-order chi connectivity index (χ0) is 13.0. The highest BCUT2D eigenvalue weighted by atomic mass is 35.5. The van der Waals surface area contributed by atoms with Gasteiger partial charge in [0.15, 0.2) is 0 Å². The van der Waals surface area contributed by atoms with Crippen LogP contribution in [0.4, 0.5) is 0 Å². The maximum atomic E-state index is 12.0. The summed E-state index contributed by atoms with van der Waals surface area (Å²) >= 11 is 11.6. The first-order valence-electron chi connectivity index (χ1n) is 5.13. The third kappa shape index (κ3) is 4.04. The van der Waals surface area contributed by atoms with Crippen molar-refractivity contribution < 1.29 is 8.42 Å². The van der Waals surface area contributed by atoms with E-state index in [2.05, 4.69) is 4.72 Å². The number of hydrogen-bond donors (Lipinski definition) is 1. The third-order valence-corrected chi connectivity index (χ3v) is 5.53. The van der Waals surface area contributed by atoms with Crippen molar-refractivity contribution in [2.45, 2.75) is 38.8 Å². The van der Waals surface area contributed by atoms with E-state index in [0.717, 1.165) is 0 Å². The van der Waals surface area contributed by atoms with Crippen molar-refractivity contribution in [1.82, 2.24) is 9.03 Å². The number of nitrogens with one attached hydrogen (secondary N) is 1. The van der Waals surface area contributed by atoms with Crippen molar-refractivity contribution in [3.63, 3.8) is 0 Å². The number of rotatable bonds is 7. The van der Waals surface area contributed by atoms with Crippen LogP contribution in [0.25, 0.3) is 0 Å². The molecule has 0 atom stereocenters. The minimum atomic E-state index is -3.54. The van der Waals surface area contributed by atoms with Gasteiger partial charge in [0.1, 0.15) is 0 Å². The molecule has 16 heavy (non-hydrogen) atoms. The van der Waals surface area contributed by atoms with Crippen LogP contribution >= 0.6 is 23.2 Å². The predicted octanol–water partition coefficient (Wildman–Crippen LogP) is 1.79. The van der Waals surface area contributed by atoms with E-state index in [1.165, 1.54) is 11.4 Å².